The first-order valence-corrected chi connectivity index (χ1v) is 8.97. The number of halogens is 3. The SMILES string of the molecule is O=C(c1cccc(-n2ccc(C(F)(F)F)n2)c1)N1C[C@@H]2CCC[C@@]2(C(=O)O)C1. The van der Waals surface area contributed by atoms with E-state index in [0.717, 1.165) is 23.6 Å². The van der Waals surface area contributed by atoms with Crippen LogP contribution in [0.1, 0.15) is 35.3 Å². The zero-order valence-corrected chi connectivity index (χ0v) is 14.8. The van der Waals surface area contributed by atoms with Crippen molar-refractivity contribution in [2.24, 2.45) is 11.3 Å². The van der Waals surface area contributed by atoms with Crippen LogP contribution in [0.25, 0.3) is 5.69 Å². The normalized spacial score (nSPS) is 24.4. The topological polar surface area (TPSA) is 75.4 Å². The van der Waals surface area contributed by atoms with E-state index < -0.39 is 23.3 Å². The van der Waals surface area contributed by atoms with Crippen LogP contribution in [0.2, 0.25) is 0 Å². The van der Waals surface area contributed by atoms with Crippen molar-refractivity contribution >= 4 is 11.9 Å². The number of benzene rings is 1. The second kappa shape index (κ2) is 6.35. The molecule has 2 heterocycles. The van der Waals surface area contributed by atoms with Gasteiger partial charge >= 0.3 is 12.1 Å². The monoisotopic (exact) mass is 393 g/mol. The van der Waals surface area contributed by atoms with Gasteiger partial charge in [-0.25, -0.2) is 4.68 Å². The minimum absolute atomic E-state index is 0.0578. The summed E-state index contributed by atoms with van der Waals surface area (Å²) < 4.78 is 39.3. The average Bonchev–Trinajstić information content (AvgIpc) is 3.34. The third kappa shape index (κ3) is 2.94. The molecule has 28 heavy (non-hydrogen) atoms. The van der Waals surface area contributed by atoms with Gasteiger partial charge in [0.25, 0.3) is 5.91 Å². The molecule has 1 saturated carbocycles. The van der Waals surface area contributed by atoms with Gasteiger partial charge in [-0.05, 0) is 43.0 Å². The van der Waals surface area contributed by atoms with Crippen molar-refractivity contribution in [1.29, 1.82) is 0 Å². The van der Waals surface area contributed by atoms with Gasteiger partial charge in [0.05, 0.1) is 11.1 Å². The predicted molar refractivity (Wildman–Crippen MR) is 91.9 cm³/mol. The Kier molecular flexibility index (Phi) is 4.20. The molecule has 2 aliphatic rings. The van der Waals surface area contributed by atoms with Gasteiger partial charge in [-0.1, -0.05) is 12.5 Å². The third-order valence-electron chi connectivity index (χ3n) is 5.82. The number of rotatable bonds is 3. The first-order chi connectivity index (χ1) is 13.2. The van der Waals surface area contributed by atoms with Crippen LogP contribution in [0.4, 0.5) is 13.2 Å². The summed E-state index contributed by atoms with van der Waals surface area (Å²) in [5, 5.41) is 13.2. The Morgan fingerprint density at radius 3 is 2.68 bits per heavy atom. The predicted octanol–water partition coefficient (Wildman–Crippen LogP) is 3.22. The molecular formula is C19H18F3N3O3. The van der Waals surface area contributed by atoms with Crippen molar-refractivity contribution < 1.29 is 27.9 Å². The average molecular weight is 393 g/mol. The van der Waals surface area contributed by atoms with Crippen LogP contribution in [-0.4, -0.2) is 44.8 Å². The molecule has 0 spiro atoms. The summed E-state index contributed by atoms with van der Waals surface area (Å²) in [6.07, 6.45) is -1.17. The molecule has 1 aliphatic heterocycles. The minimum atomic E-state index is -4.54. The van der Waals surface area contributed by atoms with Crippen molar-refractivity contribution in [3.63, 3.8) is 0 Å². The van der Waals surface area contributed by atoms with Crippen LogP contribution in [0.5, 0.6) is 0 Å². The number of hydrogen-bond donors (Lipinski definition) is 1. The van der Waals surface area contributed by atoms with Crippen molar-refractivity contribution in [1.82, 2.24) is 14.7 Å². The summed E-state index contributed by atoms with van der Waals surface area (Å²) in [7, 11) is 0. The van der Waals surface area contributed by atoms with Crippen molar-refractivity contribution in [2.75, 3.05) is 13.1 Å². The van der Waals surface area contributed by atoms with E-state index in [1.54, 1.807) is 23.1 Å². The Balaban J connectivity index is 1.58. The molecule has 1 saturated heterocycles. The number of carboxylic acid groups (broad SMARTS) is 1. The van der Waals surface area contributed by atoms with Crippen molar-refractivity contribution in [3.8, 4) is 5.69 Å². The number of carbonyl (C=O) groups excluding carboxylic acids is 1. The molecule has 0 unspecified atom stereocenters. The van der Waals surface area contributed by atoms with Gasteiger partial charge in [-0.2, -0.15) is 18.3 Å². The standard InChI is InChI=1S/C19H18F3N3O3/c20-19(21,22)15-6-8-25(23-15)14-5-1-3-12(9-14)16(26)24-10-13-4-2-7-18(13,11-24)17(27)28/h1,3,5-6,8-9,13H,2,4,7,10-11H2,(H,27,28)/t13-,18+/m0/s1. The fourth-order valence-electron chi connectivity index (χ4n) is 4.38. The zero-order chi connectivity index (χ0) is 20.1. The number of alkyl halides is 3. The lowest BCUT2D eigenvalue weighted by Crippen LogP contribution is -2.37. The molecule has 148 valence electrons. The smallest absolute Gasteiger partial charge is 0.435 e. The van der Waals surface area contributed by atoms with Gasteiger partial charge < -0.3 is 10.0 Å². The summed E-state index contributed by atoms with van der Waals surface area (Å²) in [5.74, 6) is -1.24. The Labute approximate surface area is 158 Å². The van der Waals surface area contributed by atoms with Gasteiger partial charge in [-0.15, -0.1) is 0 Å². The fourth-order valence-corrected chi connectivity index (χ4v) is 4.38. The Morgan fingerprint density at radius 1 is 1.25 bits per heavy atom. The van der Waals surface area contributed by atoms with Crippen LogP contribution in [-0.2, 0) is 11.0 Å². The third-order valence-corrected chi connectivity index (χ3v) is 5.82. The highest BCUT2D eigenvalue weighted by Crippen LogP contribution is 2.49. The fraction of sp³-hybridized carbons (Fsp3) is 0.421. The lowest BCUT2D eigenvalue weighted by molar-refractivity contribution is -0.149. The van der Waals surface area contributed by atoms with Crippen molar-refractivity contribution in [3.05, 3.63) is 47.8 Å². The Bertz CT molecular complexity index is 940. The highest BCUT2D eigenvalue weighted by atomic mass is 19.4. The van der Waals surface area contributed by atoms with E-state index in [1.165, 1.54) is 12.3 Å². The number of likely N-dealkylation sites (tertiary alicyclic amines) is 1. The molecule has 1 aromatic heterocycles. The molecule has 4 rings (SSSR count). The highest BCUT2D eigenvalue weighted by Gasteiger charge is 2.55. The summed E-state index contributed by atoms with van der Waals surface area (Å²) in [6, 6.07) is 7.04. The van der Waals surface area contributed by atoms with E-state index in [-0.39, 0.29) is 18.4 Å². The molecule has 2 aromatic rings. The van der Waals surface area contributed by atoms with E-state index in [4.69, 9.17) is 0 Å². The van der Waals surface area contributed by atoms with Crippen LogP contribution in [0, 0.1) is 11.3 Å². The van der Waals surface area contributed by atoms with E-state index in [2.05, 4.69) is 5.10 Å². The summed E-state index contributed by atoms with van der Waals surface area (Å²) in [4.78, 5) is 26.2. The molecule has 1 amide bonds. The number of carbonyl (C=O) groups is 2. The number of nitrogens with zero attached hydrogens (tertiary/aromatic N) is 3. The number of amides is 1. The molecule has 1 N–H and O–H groups in total. The largest absolute Gasteiger partial charge is 0.481 e. The summed E-state index contributed by atoms with van der Waals surface area (Å²) in [6.45, 7) is 0.547. The maximum absolute atomic E-state index is 12.9. The van der Waals surface area contributed by atoms with E-state index in [9.17, 15) is 27.9 Å². The second-order valence-electron chi connectivity index (χ2n) is 7.43. The van der Waals surface area contributed by atoms with E-state index >= 15 is 0 Å². The molecule has 2 atom stereocenters. The van der Waals surface area contributed by atoms with Crippen LogP contribution < -0.4 is 0 Å². The second-order valence-corrected chi connectivity index (χ2v) is 7.43. The van der Waals surface area contributed by atoms with Crippen LogP contribution >= 0.6 is 0 Å². The molecule has 0 bridgehead atoms. The summed E-state index contributed by atoms with van der Waals surface area (Å²) >= 11 is 0. The summed E-state index contributed by atoms with van der Waals surface area (Å²) in [5.41, 5.74) is -1.27. The lowest BCUT2D eigenvalue weighted by atomic mass is 9.81. The Hall–Kier alpha value is -2.84. The number of aliphatic carboxylic acids is 1. The van der Waals surface area contributed by atoms with Gasteiger partial charge in [-0.3, -0.25) is 9.59 Å². The molecular weight excluding hydrogens is 375 g/mol. The lowest BCUT2D eigenvalue weighted by Gasteiger charge is -2.23. The number of fused-ring (bicyclic) bond motifs is 1. The number of hydrogen-bond acceptors (Lipinski definition) is 3. The van der Waals surface area contributed by atoms with Gasteiger partial charge in [0.2, 0.25) is 0 Å². The van der Waals surface area contributed by atoms with Gasteiger partial charge in [0.15, 0.2) is 5.69 Å². The van der Waals surface area contributed by atoms with Gasteiger partial charge in [0, 0.05) is 24.8 Å². The van der Waals surface area contributed by atoms with Crippen LogP contribution in [0.15, 0.2) is 36.5 Å². The van der Waals surface area contributed by atoms with E-state index in [1.807, 2.05) is 0 Å². The number of aromatic nitrogens is 2. The Morgan fingerprint density at radius 2 is 2.04 bits per heavy atom. The van der Waals surface area contributed by atoms with E-state index in [0.29, 0.717) is 24.2 Å². The van der Waals surface area contributed by atoms with Gasteiger partial charge in [0.1, 0.15) is 0 Å². The maximum Gasteiger partial charge on any atom is 0.435 e. The highest BCUT2D eigenvalue weighted by molar-refractivity contribution is 5.95. The first-order valence-electron chi connectivity index (χ1n) is 8.97. The molecule has 1 aliphatic carbocycles. The molecule has 1 aromatic carbocycles. The molecule has 0 radical (unpaired) electrons. The van der Waals surface area contributed by atoms with Crippen LogP contribution in [0.3, 0.4) is 0 Å². The van der Waals surface area contributed by atoms with Crippen molar-refractivity contribution in [2.45, 2.75) is 25.4 Å². The molecule has 9 heteroatoms. The maximum atomic E-state index is 12.9. The molecule has 2 fully saturated rings. The molecule has 6 nitrogen and oxygen atoms in total. The minimum Gasteiger partial charge on any atom is -0.481 e. The quantitative estimate of drug-likeness (QED) is 0.869. The first kappa shape index (κ1) is 18.5. The zero-order valence-electron chi connectivity index (χ0n) is 14.8. The number of carboxylic acids is 1.